The van der Waals surface area contributed by atoms with Crippen molar-refractivity contribution in [2.75, 3.05) is 6.61 Å². The van der Waals surface area contributed by atoms with Gasteiger partial charge < -0.3 is 14.2 Å². The van der Waals surface area contributed by atoms with Crippen LogP contribution in [0.4, 0.5) is 0 Å². The summed E-state index contributed by atoms with van der Waals surface area (Å²) < 4.78 is 7.05. The SMILES string of the molecule is CCOC(=O)c1cccn2c(-c3ccccc3)c(-c3ccccc3)c(O)c12. The maximum Gasteiger partial charge on any atom is 0.340 e. The number of fused-ring (bicyclic) bond motifs is 1. The third kappa shape index (κ3) is 2.85. The van der Waals surface area contributed by atoms with Gasteiger partial charge in [0, 0.05) is 6.20 Å². The molecule has 0 aliphatic heterocycles. The van der Waals surface area contributed by atoms with Crippen LogP contribution in [0, 0.1) is 0 Å². The van der Waals surface area contributed by atoms with Crippen molar-refractivity contribution in [3.63, 3.8) is 0 Å². The predicted molar refractivity (Wildman–Crippen MR) is 106 cm³/mol. The summed E-state index contributed by atoms with van der Waals surface area (Å²) in [5, 5.41) is 11.2. The molecule has 0 saturated carbocycles. The lowest BCUT2D eigenvalue weighted by Crippen LogP contribution is -2.06. The number of esters is 1. The van der Waals surface area contributed by atoms with E-state index in [0.29, 0.717) is 16.6 Å². The fourth-order valence-electron chi connectivity index (χ4n) is 3.42. The standard InChI is InChI=1S/C23H19NO3/c1-2-27-23(26)18-14-9-15-24-20(17-12-7-4-8-13-17)19(22(25)21(18)24)16-10-5-3-6-11-16/h3-15,25H,2H2,1H3. The molecule has 4 aromatic rings. The third-order valence-corrected chi connectivity index (χ3v) is 4.54. The van der Waals surface area contributed by atoms with Crippen molar-refractivity contribution < 1.29 is 14.6 Å². The van der Waals surface area contributed by atoms with E-state index >= 15 is 0 Å². The van der Waals surface area contributed by atoms with Crippen molar-refractivity contribution in [3.8, 4) is 28.1 Å². The Hall–Kier alpha value is -3.53. The minimum Gasteiger partial charge on any atom is -0.505 e. The fraction of sp³-hybridized carbons (Fsp3) is 0.0870. The molecule has 2 aromatic heterocycles. The van der Waals surface area contributed by atoms with Crippen LogP contribution in [0.3, 0.4) is 0 Å². The molecule has 0 saturated heterocycles. The number of rotatable bonds is 4. The second-order valence-corrected chi connectivity index (χ2v) is 6.17. The van der Waals surface area contributed by atoms with Crippen LogP contribution in [-0.4, -0.2) is 22.1 Å². The van der Waals surface area contributed by atoms with E-state index in [9.17, 15) is 9.90 Å². The van der Waals surface area contributed by atoms with Gasteiger partial charge in [-0.05, 0) is 30.2 Å². The summed E-state index contributed by atoms with van der Waals surface area (Å²) in [4.78, 5) is 12.5. The summed E-state index contributed by atoms with van der Waals surface area (Å²) in [7, 11) is 0. The molecule has 27 heavy (non-hydrogen) atoms. The van der Waals surface area contributed by atoms with Crippen LogP contribution >= 0.6 is 0 Å². The molecule has 0 atom stereocenters. The molecule has 1 N–H and O–H groups in total. The molecule has 4 rings (SSSR count). The first-order chi connectivity index (χ1) is 13.2. The van der Waals surface area contributed by atoms with Gasteiger partial charge in [0.1, 0.15) is 11.3 Å². The average Bonchev–Trinajstić information content (AvgIpc) is 3.02. The zero-order valence-electron chi connectivity index (χ0n) is 14.9. The first-order valence-electron chi connectivity index (χ1n) is 8.86. The highest BCUT2D eigenvalue weighted by Crippen LogP contribution is 2.44. The maximum absolute atomic E-state index is 12.5. The van der Waals surface area contributed by atoms with Gasteiger partial charge in [0.05, 0.1) is 23.4 Å². The number of hydrogen-bond donors (Lipinski definition) is 1. The van der Waals surface area contributed by atoms with Gasteiger partial charge in [-0.3, -0.25) is 0 Å². The molecule has 0 fully saturated rings. The number of pyridine rings is 1. The second-order valence-electron chi connectivity index (χ2n) is 6.17. The van der Waals surface area contributed by atoms with Crippen molar-refractivity contribution in [1.29, 1.82) is 0 Å². The van der Waals surface area contributed by atoms with E-state index in [4.69, 9.17) is 4.74 Å². The van der Waals surface area contributed by atoms with Gasteiger partial charge in [-0.25, -0.2) is 4.79 Å². The molecule has 4 heteroatoms. The molecule has 0 radical (unpaired) electrons. The fourth-order valence-corrected chi connectivity index (χ4v) is 3.42. The largest absolute Gasteiger partial charge is 0.505 e. The van der Waals surface area contributed by atoms with Crippen LogP contribution in [0.15, 0.2) is 79.0 Å². The number of aromatic nitrogens is 1. The molecule has 0 unspecified atom stereocenters. The summed E-state index contributed by atoms with van der Waals surface area (Å²) in [6.07, 6.45) is 1.85. The number of hydrogen-bond acceptors (Lipinski definition) is 3. The minimum absolute atomic E-state index is 0.0729. The Morgan fingerprint density at radius 2 is 1.56 bits per heavy atom. The number of ether oxygens (including phenoxy) is 1. The van der Waals surface area contributed by atoms with Gasteiger partial charge in [0.2, 0.25) is 0 Å². The van der Waals surface area contributed by atoms with Gasteiger partial charge in [-0.15, -0.1) is 0 Å². The highest BCUT2D eigenvalue weighted by Gasteiger charge is 2.24. The number of aromatic hydroxyl groups is 1. The van der Waals surface area contributed by atoms with Gasteiger partial charge in [-0.2, -0.15) is 0 Å². The monoisotopic (exact) mass is 357 g/mol. The Bertz CT molecular complexity index is 1100. The molecular formula is C23H19NO3. The van der Waals surface area contributed by atoms with E-state index in [1.165, 1.54) is 0 Å². The molecule has 4 nitrogen and oxygen atoms in total. The Labute approximate surface area is 157 Å². The van der Waals surface area contributed by atoms with Crippen LogP contribution in [0.2, 0.25) is 0 Å². The van der Waals surface area contributed by atoms with Crippen LogP contribution < -0.4 is 0 Å². The lowest BCUT2D eigenvalue weighted by Gasteiger charge is -2.08. The third-order valence-electron chi connectivity index (χ3n) is 4.54. The number of carbonyl (C=O) groups is 1. The van der Waals surface area contributed by atoms with Crippen LogP contribution in [-0.2, 0) is 4.74 Å². The lowest BCUT2D eigenvalue weighted by molar-refractivity contribution is 0.0528. The van der Waals surface area contributed by atoms with Gasteiger partial charge in [0.25, 0.3) is 0 Å². The molecule has 0 amide bonds. The van der Waals surface area contributed by atoms with E-state index in [-0.39, 0.29) is 12.4 Å². The van der Waals surface area contributed by atoms with E-state index in [0.717, 1.165) is 16.8 Å². The summed E-state index contributed by atoms with van der Waals surface area (Å²) in [5.41, 5.74) is 4.16. The molecule has 0 aliphatic carbocycles. The molecule has 2 aromatic carbocycles. The van der Waals surface area contributed by atoms with E-state index < -0.39 is 5.97 Å². The van der Waals surface area contributed by atoms with Gasteiger partial charge in [-0.1, -0.05) is 60.7 Å². The topological polar surface area (TPSA) is 50.9 Å². The summed E-state index contributed by atoms with van der Waals surface area (Å²) >= 11 is 0. The summed E-state index contributed by atoms with van der Waals surface area (Å²) in [6.45, 7) is 2.04. The maximum atomic E-state index is 12.5. The van der Waals surface area contributed by atoms with Crippen LogP contribution in [0.25, 0.3) is 27.9 Å². The van der Waals surface area contributed by atoms with E-state index in [1.807, 2.05) is 71.3 Å². The summed E-state index contributed by atoms with van der Waals surface area (Å²) in [5.74, 6) is -0.376. The molecule has 2 heterocycles. The van der Waals surface area contributed by atoms with Gasteiger partial charge >= 0.3 is 5.97 Å². The zero-order valence-corrected chi connectivity index (χ0v) is 14.9. The van der Waals surface area contributed by atoms with Crippen molar-refractivity contribution >= 4 is 11.5 Å². The highest BCUT2D eigenvalue weighted by molar-refractivity contribution is 6.04. The molecule has 0 bridgehead atoms. The Balaban J connectivity index is 2.10. The number of nitrogens with zero attached hydrogens (tertiary/aromatic N) is 1. The normalized spacial score (nSPS) is 10.9. The number of benzene rings is 2. The van der Waals surface area contributed by atoms with Crippen LogP contribution in [0.1, 0.15) is 17.3 Å². The van der Waals surface area contributed by atoms with Crippen molar-refractivity contribution in [3.05, 3.63) is 84.6 Å². The molecule has 0 spiro atoms. The minimum atomic E-state index is -0.449. The molecule has 134 valence electrons. The Morgan fingerprint density at radius 3 is 2.19 bits per heavy atom. The quantitative estimate of drug-likeness (QED) is 0.514. The molecule has 0 aliphatic rings. The van der Waals surface area contributed by atoms with Crippen molar-refractivity contribution in [2.24, 2.45) is 0 Å². The number of carbonyl (C=O) groups excluding carboxylic acids is 1. The van der Waals surface area contributed by atoms with E-state index in [2.05, 4.69) is 0 Å². The average molecular weight is 357 g/mol. The molecular weight excluding hydrogens is 338 g/mol. The first-order valence-corrected chi connectivity index (χ1v) is 8.86. The lowest BCUT2D eigenvalue weighted by atomic mass is 10.0. The van der Waals surface area contributed by atoms with Crippen molar-refractivity contribution in [1.82, 2.24) is 4.40 Å². The smallest absolute Gasteiger partial charge is 0.340 e. The highest BCUT2D eigenvalue weighted by atomic mass is 16.5. The predicted octanol–water partition coefficient (Wildman–Crippen LogP) is 5.16. The Morgan fingerprint density at radius 1 is 0.926 bits per heavy atom. The van der Waals surface area contributed by atoms with E-state index in [1.54, 1.807) is 19.1 Å². The van der Waals surface area contributed by atoms with Crippen LogP contribution in [0.5, 0.6) is 5.75 Å². The Kier molecular flexibility index (Phi) is 4.38. The first kappa shape index (κ1) is 16.9. The second kappa shape index (κ2) is 7.00. The van der Waals surface area contributed by atoms with Crippen molar-refractivity contribution in [2.45, 2.75) is 6.92 Å². The zero-order chi connectivity index (χ0) is 18.8. The van der Waals surface area contributed by atoms with Gasteiger partial charge in [0.15, 0.2) is 0 Å². The summed E-state index contributed by atoms with van der Waals surface area (Å²) in [6, 6.07) is 23.0.